The summed E-state index contributed by atoms with van der Waals surface area (Å²) >= 11 is 0. The third kappa shape index (κ3) is 5.38. The number of benzene rings is 2. The lowest BCUT2D eigenvalue weighted by Gasteiger charge is -2.25. The smallest absolute Gasteiger partial charge is 0.409 e. The van der Waals surface area contributed by atoms with E-state index in [1.807, 2.05) is 48.5 Å². The van der Waals surface area contributed by atoms with Crippen LogP contribution >= 0.6 is 0 Å². The molecule has 0 aliphatic heterocycles. The Morgan fingerprint density at radius 2 is 1.50 bits per heavy atom. The lowest BCUT2D eigenvalue weighted by Crippen LogP contribution is -2.24. The van der Waals surface area contributed by atoms with Crippen LogP contribution in [0.5, 0.6) is 11.5 Å². The molecule has 0 saturated heterocycles. The van der Waals surface area contributed by atoms with Crippen molar-refractivity contribution >= 4 is 17.6 Å². The van der Waals surface area contributed by atoms with Gasteiger partial charge in [0.1, 0.15) is 11.5 Å². The molecule has 7 nitrogen and oxygen atoms in total. The Labute approximate surface area is 173 Å². The number of rotatable bonds is 8. The molecule has 0 aliphatic rings. The standard InChI is InChI=1S/C22H22FN3O4/c1-29-18-7-3-15(4-8-18)13-26(14-16-5-9-19(30-2)10-6-16)21-20(23)11-17(12-24-21)25-22(27)28/h3-12,25H,13-14H2,1-2H3,(H,27,28). The van der Waals surface area contributed by atoms with Crippen LogP contribution in [-0.4, -0.2) is 30.4 Å². The van der Waals surface area contributed by atoms with Crippen molar-refractivity contribution in [3.8, 4) is 11.5 Å². The third-order valence-electron chi connectivity index (χ3n) is 4.44. The van der Waals surface area contributed by atoms with Crippen molar-refractivity contribution < 1.29 is 23.8 Å². The number of carboxylic acid groups (broad SMARTS) is 1. The van der Waals surface area contributed by atoms with Crippen LogP contribution in [0.4, 0.5) is 20.7 Å². The van der Waals surface area contributed by atoms with Crippen LogP contribution in [0.15, 0.2) is 60.8 Å². The second-order valence-electron chi connectivity index (χ2n) is 6.51. The van der Waals surface area contributed by atoms with Crippen molar-refractivity contribution in [1.82, 2.24) is 4.98 Å². The Morgan fingerprint density at radius 1 is 1.00 bits per heavy atom. The maximum absolute atomic E-state index is 14.8. The monoisotopic (exact) mass is 411 g/mol. The molecule has 1 amide bonds. The van der Waals surface area contributed by atoms with Crippen molar-refractivity contribution in [3.63, 3.8) is 0 Å². The molecule has 0 aliphatic carbocycles. The molecule has 0 radical (unpaired) electrons. The summed E-state index contributed by atoms with van der Waals surface area (Å²) in [5.41, 5.74) is 1.95. The van der Waals surface area contributed by atoms with Gasteiger partial charge in [0.15, 0.2) is 11.6 Å². The Morgan fingerprint density at radius 3 is 1.90 bits per heavy atom. The van der Waals surface area contributed by atoms with Gasteiger partial charge in [0.2, 0.25) is 0 Å². The van der Waals surface area contributed by atoms with E-state index in [1.165, 1.54) is 6.20 Å². The molecule has 3 aromatic rings. The van der Waals surface area contributed by atoms with Gasteiger partial charge in [-0.1, -0.05) is 24.3 Å². The summed E-state index contributed by atoms with van der Waals surface area (Å²) in [6.45, 7) is 0.789. The molecule has 8 heteroatoms. The van der Waals surface area contributed by atoms with Gasteiger partial charge in [0, 0.05) is 19.2 Å². The highest BCUT2D eigenvalue weighted by Crippen LogP contribution is 2.25. The number of ether oxygens (including phenoxy) is 2. The minimum atomic E-state index is -1.28. The first-order valence-corrected chi connectivity index (χ1v) is 9.15. The molecule has 156 valence electrons. The zero-order valence-corrected chi connectivity index (χ0v) is 16.6. The summed E-state index contributed by atoms with van der Waals surface area (Å²) in [7, 11) is 3.19. The molecule has 0 saturated carbocycles. The van der Waals surface area contributed by atoms with E-state index in [9.17, 15) is 9.18 Å². The fourth-order valence-electron chi connectivity index (χ4n) is 2.96. The quantitative estimate of drug-likeness (QED) is 0.566. The number of pyridine rings is 1. The lowest BCUT2D eigenvalue weighted by molar-refractivity contribution is 0.209. The van der Waals surface area contributed by atoms with E-state index in [-0.39, 0.29) is 11.5 Å². The second-order valence-corrected chi connectivity index (χ2v) is 6.51. The minimum Gasteiger partial charge on any atom is -0.497 e. The van der Waals surface area contributed by atoms with Crippen LogP contribution in [0, 0.1) is 5.82 Å². The molecule has 0 fully saturated rings. The van der Waals surface area contributed by atoms with Gasteiger partial charge in [-0.2, -0.15) is 0 Å². The number of methoxy groups -OCH3 is 2. The third-order valence-corrected chi connectivity index (χ3v) is 4.44. The van der Waals surface area contributed by atoms with Crippen LogP contribution in [-0.2, 0) is 13.1 Å². The van der Waals surface area contributed by atoms with Crippen molar-refractivity contribution in [2.75, 3.05) is 24.4 Å². The predicted octanol–water partition coefficient (Wildman–Crippen LogP) is 4.53. The molecule has 0 spiro atoms. The fraction of sp³-hybridized carbons (Fsp3) is 0.182. The minimum absolute atomic E-state index is 0.0672. The SMILES string of the molecule is COc1ccc(CN(Cc2ccc(OC)cc2)c2ncc(NC(=O)O)cc2F)cc1. The molecular weight excluding hydrogens is 389 g/mol. The number of aromatic nitrogens is 1. The first-order chi connectivity index (χ1) is 14.5. The van der Waals surface area contributed by atoms with E-state index in [1.54, 1.807) is 19.1 Å². The molecular formula is C22H22FN3O4. The maximum Gasteiger partial charge on any atom is 0.409 e. The highest BCUT2D eigenvalue weighted by atomic mass is 19.1. The van der Waals surface area contributed by atoms with Crippen molar-refractivity contribution in [2.24, 2.45) is 0 Å². The molecule has 0 atom stereocenters. The number of carbonyl (C=O) groups is 1. The number of anilines is 2. The Hall–Kier alpha value is -3.81. The molecule has 1 heterocycles. The van der Waals surface area contributed by atoms with E-state index in [0.29, 0.717) is 13.1 Å². The Bertz CT molecular complexity index is 945. The molecule has 30 heavy (non-hydrogen) atoms. The Kier molecular flexibility index (Phi) is 6.69. The highest BCUT2D eigenvalue weighted by molar-refractivity contribution is 5.82. The van der Waals surface area contributed by atoms with Gasteiger partial charge in [-0.25, -0.2) is 14.2 Å². The summed E-state index contributed by atoms with van der Waals surface area (Å²) in [4.78, 5) is 16.7. The van der Waals surface area contributed by atoms with E-state index in [4.69, 9.17) is 14.6 Å². The van der Waals surface area contributed by atoms with Crippen LogP contribution in [0.1, 0.15) is 11.1 Å². The van der Waals surface area contributed by atoms with Crippen LogP contribution in [0.2, 0.25) is 0 Å². The van der Waals surface area contributed by atoms with Gasteiger partial charge in [-0.05, 0) is 35.4 Å². The number of halogens is 1. The first kappa shape index (κ1) is 20.9. The number of hydrogen-bond acceptors (Lipinski definition) is 5. The van der Waals surface area contributed by atoms with Crippen LogP contribution in [0.25, 0.3) is 0 Å². The predicted molar refractivity (Wildman–Crippen MR) is 112 cm³/mol. The molecule has 1 aromatic heterocycles. The maximum atomic E-state index is 14.8. The summed E-state index contributed by atoms with van der Waals surface area (Å²) in [6, 6.07) is 16.1. The summed E-state index contributed by atoms with van der Waals surface area (Å²) < 4.78 is 25.2. The number of hydrogen-bond donors (Lipinski definition) is 2. The van der Waals surface area contributed by atoms with Crippen molar-refractivity contribution in [2.45, 2.75) is 13.1 Å². The molecule has 2 N–H and O–H groups in total. The Balaban J connectivity index is 1.89. The number of nitrogens with zero attached hydrogens (tertiary/aromatic N) is 2. The topological polar surface area (TPSA) is 83.9 Å². The molecule has 0 bridgehead atoms. The van der Waals surface area contributed by atoms with Gasteiger partial charge in [-0.15, -0.1) is 0 Å². The van der Waals surface area contributed by atoms with E-state index in [0.717, 1.165) is 28.7 Å². The number of nitrogens with one attached hydrogen (secondary N) is 1. The molecule has 2 aromatic carbocycles. The van der Waals surface area contributed by atoms with Gasteiger partial charge in [0.05, 0.1) is 26.1 Å². The average Bonchev–Trinajstić information content (AvgIpc) is 2.74. The molecule has 3 rings (SSSR count). The zero-order chi connectivity index (χ0) is 21.5. The van der Waals surface area contributed by atoms with Gasteiger partial charge >= 0.3 is 6.09 Å². The summed E-state index contributed by atoms with van der Waals surface area (Å²) in [6.07, 6.45) is 0.0129. The fourth-order valence-corrected chi connectivity index (χ4v) is 2.96. The average molecular weight is 411 g/mol. The zero-order valence-electron chi connectivity index (χ0n) is 16.6. The normalized spacial score (nSPS) is 10.4. The highest BCUT2D eigenvalue weighted by Gasteiger charge is 2.16. The van der Waals surface area contributed by atoms with Gasteiger partial charge in [-0.3, -0.25) is 5.32 Å². The van der Waals surface area contributed by atoms with E-state index >= 15 is 0 Å². The van der Waals surface area contributed by atoms with Crippen molar-refractivity contribution in [1.29, 1.82) is 0 Å². The van der Waals surface area contributed by atoms with Gasteiger partial charge < -0.3 is 19.5 Å². The summed E-state index contributed by atoms with van der Waals surface area (Å²) in [5.74, 6) is 0.962. The molecule has 0 unspecified atom stereocenters. The van der Waals surface area contributed by atoms with Crippen LogP contribution in [0.3, 0.4) is 0 Å². The number of amides is 1. The lowest BCUT2D eigenvalue weighted by atomic mass is 10.1. The largest absolute Gasteiger partial charge is 0.497 e. The van der Waals surface area contributed by atoms with Crippen molar-refractivity contribution in [3.05, 3.63) is 77.7 Å². The first-order valence-electron chi connectivity index (χ1n) is 9.15. The van der Waals surface area contributed by atoms with E-state index in [2.05, 4.69) is 10.3 Å². The summed E-state index contributed by atoms with van der Waals surface area (Å²) in [5, 5.41) is 10.9. The van der Waals surface area contributed by atoms with Crippen LogP contribution < -0.4 is 19.7 Å². The second kappa shape index (κ2) is 9.60. The van der Waals surface area contributed by atoms with Gasteiger partial charge in [0.25, 0.3) is 0 Å². The van der Waals surface area contributed by atoms with E-state index < -0.39 is 11.9 Å².